The number of hydrogen-bond donors (Lipinski definition) is 2. The molecule has 3 aromatic carbocycles. The Balaban J connectivity index is 1.60. The van der Waals surface area contributed by atoms with Crippen LogP contribution in [0.4, 0.5) is 5.69 Å². The van der Waals surface area contributed by atoms with E-state index in [1.165, 1.54) is 0 Å². The van der Waals surface area contributed by atoms with Gasteiger partial charge in [0.05, 0.1) is 25.5 Å². The van der Waals surface area contributed by atoms with Crippen molar-refractivity contribution in [3.63, 3.8) is 0 Å². The van der Waals surface area contributed by atoms with Gasteiger partial charge in [0, 0.05) is 6.54 Å². The van der Waals surface area contributed by atoms with Crippen LogP contribution in [-0.4, -0.2) is 38.7 Å². The van der Waals surface area contributed by atoms with E-state index in [1.54, 1.807) is 45.4 Å². The second-order valence-electron chi connectivity index (χ2n) is 8.26. The molecule has 0 saturated heterocycles. The number of para-hydroxylation sites is 1. The zero-order valence-corrected chi connectivity index (χ0v) is 20.8. The summed E-state index contributed by atoms with van der Waals surface area (Å²) in [5.74, 6) is 1.33. The molecule has 35 heavy (non-hydrogen) atoms. The van der Waals surface area contributed by atoms with Crippen LogP contribution in [-0.2, 0) is 11.2 Å². The first-order chi connectivity index (χ1) is 16.8. The van der Waals surface area contributed by atoms with Crippen LogP contribution >= 0.6 is 0 Å². The molecule has 0 radical (unpaired) electrons. The van der Waals surface area contributed by atoms with E-state index in [1.807, 2.05) is 50.2 Å². The predicted molar refractivity (Wildman–Crippen MR) is 137 cm³/mol. The number of carbonyl (C=O) groups excluding carboxylic acids is 2. The van der Waals surface area contributed by atoms with Crippen LogP contribution in [0.25, 0.3) is 0 Å². The van der Waals surface area contributed by atoms with Crippen LogP contribution in [0.2, 0.25) is 0 Å². The van der Waals surface area contributed by atoms with Crippen molar-refractivity contribution >= 4 is 17.5 Å². The summed E-state index contributed by atoms with van der Waals surface area (Å²) in [6.07, 6.45) is -0.126. The molecule has 0 aliphatic carbocycles. The molecule has 2 amide bonds. The lowest BCUT2D eigenvalue weighted by molar-refractivity contribution is -0.122. The Morgan fingerprint density at radius 2 is 1.60 bits per heavy atom. The van der Waals surface area contributed by atoms with E-state index in [4.69, 9.17) is 14.2 Å². The smallest absolute Gasteiger partial charge is 0.265 e. The van der Waals surface area contributed by atoms with Gasteiger partial charge >= 0.3 is 0 Å². The molecule has 2 N–H and O–H groups in total. The minimum Gasteiger partial charge on any atom is -0.493 e. The van der Waals surface area contributed by atoms with E-state index < -0.39 is 6.10 Å². The molecule has 3 rings (SSSR count). The SMILES string of the molecule is COc1ccc(CCNC(=O)c2ccccc2NC(=O)[C@H](C)Oc2ccc(C)cc2C)cc1OC. The standard InChI is InChI=1S/C28H32N2O5/c1-18-10-12-24(19(2)16-18)35-20(3)27(31)30-23-9-7-6-8-22(23)28(32)29-15-14-21-11-13-25(33-4)26(17-21)34-5/h6-13,16-17,20H,14-15H2,1-5H3,(H,29,32)(H,30,31)/t20-/m0/s1. The first-order valence-corrected chi connectivity index (χ1v) is 11.4. The number of ether oxygens (including phenoxy) is 3. The molecule has 7 nitrogen and oxygen atoms in total. The van der Waals surface area contributed by atoms with Crippen molar-refractivity contribution in [2.24, 2.45) is 0 Å². The van der Waals surface area contributed by atoms with Gasteiger partial charge in [-0.25, -0.2) is 0 Å². The summed E-state index contributed by atoms with van der Waals surface area (Å²) in [7, 11) is 3.17. The highest BCUT2D eigenvalue weighted by atomic mass is 16.5. The van der Waals surface area contributed by atoms with E-state index in [0.29, 0.717) is 41.5 Å². The monoisotopic (exact) mass is 476 g/mol. The second kappa shape index (κ2) is 11.9. The topological polar surface area (TPSA) is 85.9 Å². The maximum absolute atomic E-state index is 12.9. The average Bonchev–Trinajstić information content (AvgIpc) is 2.85. The Kier molecular flexibility index (Phi) is 8.73. The Labute approximate surface area is 206 Å². The van der Waals surface area contributed by atoms with Crippen molar-refractivity contribution in [3.8, 4) is 17.2 Å². The van der Waals surface area contributed by atoms with Gasteiger partial charge < -0.3 is 24.8 Å². The van der Waals surface area contributed by atoms with Crippen molar-refractivity contribution in [3.05, 3.63) is 82.9 Å². The summed E-state index contributed by atoms with van der Waals surface area (Å²) in [6, 6.07) is 18.4. The van der Waals surface area contributed by atoms with Crippen LogP contribution in [0.5, 0.6) is 17.2 Å². The number of amides is 2. The van der Waals surface area contributed by atoms with Gasteiger partial charge in [0.1, 0.15) is 5.75 Å². The first-order valence-electron chi connectivity index (χ1n) is 11.4. The maximum atomic E-state index is 12.9. The van der Waals surface area contributed by atoms with Gasteiger partial charge in [0.15, 0.2) is 17.6 Å². The maximum Gasteiger partial charge on any atom is 0.265 e. The second-order valence-corrected chi connectivity index (χ2v) is 8.26. The Morgan fingerprint density at radius 3 is 2.31 bits per heavy atom. The van der Waals surface area contributed by atoms with Crippen molar-refractivity contribution in [1.82, 2.24) is 5.32 Å². The number of benzene rings is 3. The normalized spacial score (nSPS) is 11.3. The molecule has 0 spiro atoms. The molecule has 184 valence electrons. The van der Waals surface area contributed by atoms with Gasteiger partial charge in [-0.05, 0) is 68.7 Å². The summed E-state index contributed by atoms with van der Waals surface area (Å²) < 4.78 is 16.4. The highest BCUT2D eigenvalue weighted by molar-refractivity contribution is 6.04. The van der Waals surface area contributed by atoms with E-state index in [2.05, 4.69) is 10.6 Å². The van der Waals surface area contributed by atoms with Gasteiger partial charge in [-0.1, -0.05) is 35.9 Å². The van der Waals surface area contributed by atoms with Gasteiger partial charge in [-0.15, -0.1) is 0 Å². The number of carbonyl (C=O) groups is 2. The minimum absolute atomic E-state index is 0.274. The Bertz CT molecular complexity index is 1190. The fraction of sp³-hybridized carbons (Fsp3) is 0.286. The van der Waals surface area contributed by atoms with Crippen LogP contribution in [0.3, 0.4) is 0 Å². The van der Waals surface area contributed by atoms with Gasteiger partial charge in [0.2, 0.25) is 0 Å². The van der Waals surface area contributed by atoms with Crippen molar-refractivity contribution in [2.75, 3.05) is 26.1 Å². The fourth-order valence-corrected chi connectivity index (χ4v) is 3.65. The molecule has 7 heteroatoms. The van der Waals surface area contributed by atoms with Crippen LogP contribution < -0.4 is 24.8 Å². The average molecular weight is 477 g/mol. The van der Waals surface area contributed by atoms with Gasteiger partial charge in [0.25, 0.3) is 11.8 Å². The molecule has 0 aliphatic rings. The summed E-state index contributed by atoms with van der Waals surface area (Å²) in [6.45, 7) is 6.04. The number of aryl methyl sites for hydroxylation is 2. The van der Waals surface area contributed by atoms with E-state index in [-0.39, 0.29) is 11.8 Å². The quantitative estimate of drug-likeness (QED) is 0.443. The first kappa shape index (κ1) is 25.6. The lowest BCUT2D eigenvalue weighted by atomic mass is 10.1. The zero-order chi connectivity index (χ0) is 25.4. The molecule has 0 bridgehead atoms. The highest BCUT2D eigenvalue weighted by Gasteiger charge is 2.19. The van der Waals surface area contributed by atoms with Crippen molar-refractivity contribution in [1.29, 1.82) is 0 Å². The van der Waals surface area contributed by atoms with Crippen LogP contribution in [0.15, 0.2) is 60.7 Å². The van der Waals surface area contributed by atoms with Crippen molar-refractivity contribution < 1.29 is 23.8 Å². The molecule has 1 atom stereocenters. The Hall–Kier alpha value is -4.00. The van der Waals surface area contributed by atoms with Gasteiger partial charge in [-0.2, -0.15) is 0 Å². The molecule has 0 saturated carbocycles. The lowest BCUT2D eigenvalue weighted by Crippen LogP contribution is -2.32. The molecular formula is C28H32N2O5. The fourth-order valence-electron chi connectivity index (χ4n) is 3.65. The minimum atomic E-state index is -0.738. The molecule has 3 aromatic rings. The lowest BCUT2D eigenvalue weighted by Gasteiger charge is -2.18. The number of methoxy groups -OCH3 is 2. The number of anilines is 1. The van der Waals surface area contributed by atoms with E-state index >= 15 is 0 Å². The molecule has 0 fully saturated rings. The van der Waals surface area contributed by atoms with Crippen molar-refractivity contribution in [2.45, 2.75) is 33.3 Å². The molecule has 0 aliphatic heterocycles. The predicted octanol–water partition coefficient (Wildman–Crippen LogP) is 4.70. The molecular weight excluding hydrogens is 444 g/mol. The molecule has 0 aromatic heterocycles. The van der Waals surface area contributed by atoms with E-state index in [9.17, 15) is 9.59 Å². The summed E-state index contributed by atoms with van der Waals surface area (Å²) >= 11 is 0. The summed E-state index contributed by atoms with van der Waals surface area (Å²) in [4.78, 5) is 25.7. The zero-order valence-electron chi connectivity index (χ0n) is 20.8. The summed E-state index contributed by atoms with van der Waals surface area (Å²) in [5, 5.41) is 5.74. The Morgan fingerprint density at radius 1 is 0.886 bits per heavy atom. The number of nitrogens with one attached hydrogen (secondary N) is 2. The third-order valence-corrected chi connectivity index (χ3v) is 5.58. The third kappa shape index (κ3) is 6.76. The number of rotatable bonds is 10. The largest absolute Gasteiger partial charge is 0.493 e. The third-order valence-electron chi connectivity index (χ3n) is 5.58. The van der Waals surface area contributed by atoms with Gasteiger partial charge in [-0.3, -0.25) is 9.59 Å². The molecule has 0 heterocycles. The van der Waals surface area contributed by atoms with E-state index in [0.717, 1.165) is 16.7 Å². The van der Waals surface area contributed by atoms with Crippen LogP contribution in [0.1, 0.15) is 34.0 Å². The van der Waals surface area contributed by atoms with Crippen LogP contribution in [0, 0.1) is 13.8 Å². The number of hydrogen-bond acceptors (Lipinski definition) is 5. The summed E-state index contributed by atoms with van der Waals surface area (Å²) in [5.41, 5.74) is 3.89. The highest BCUT2D eigenvalue weighted by Crippen LogP contribution is 2.27. The molecule has 0 unspecified atom stereocenters.